The van der Waals surface area contributed by atoms with Crippen LogP contribution in [0.2, 0.25) is 0 Å². The minimum Gasteiger partial charge on any atom is -0.494 e. The molecule has 156 valence electrons. The quantitative estimate of drug-likeness (QED) is 0.670. The number of aryl methyl sites for hydroxylation is 1. The number of nitrogens with zero attached hydrogens (tertiary/aromatic N) is 1. The molecule has 0 spiro atoms. The summed E-state index contributed by atoms with van der Waals surface area (Å²) in [5.41, 5.74) is 2.15. The first-order chi connectivity index (χ1) is 14.0. The minimum absolute atomic E-state index is 0.159. The van der Waals surface area contributed by atoms with Crippen molar-refractivity contribution in [2.24, 2.45) is 0 Å². The lowest BCUT2D eigenvalue weighted by molar-refractivity contribution is 0.0953. The van der Waals surface area contributed by atoms with Gasteiger partial charge in [0.15, 0.2) is 0 Å². The highest BCUT2D eigenvalue weighted by Gasteiger charge is 2.26. The Balaban J connectivity index is 1.56. The molecule has 1 saturated heterocycles. The molecular weight excluding hydrogens is 388 g/mol. The average molecular weight is 417 g/mol. The van der Waals surface area contributed by atoms with Gasteiger partial charge in [0, 0.05) is 18.7 Å². The number of ether oxygens (including phenoxy) is 1. The van der Waals surface area contributed by atoms with Crippen LogP contribution in [0.15, 0.2) is 48.5 Å². The summed E-state index contributed by atoms with van der Waals surface area (Å²) in [7, 11) is -3.29. The van der Waals surface area contributed by atoms with Crippen molar-refractivity contribution in [1.29, 1.82) is 0 Å². The van der Waals surface area contributed by atoms with E-state index in [1.807, 2.05) is 31.2 Å². The van der Waals surface area contributed by atoms with Crippen molar-refractivity contribution in [3.63, 3.8) is 0 Å². The predicted octanol–water partition coefficient (Wildman–Crippen LogP) is 3.38. The van der Waals surface area contributed by atoms with Crippen molar-refractivity contribution in [1.82, 2.24) is 5.32 Å². The maximum Gasteiger partial charge on any atom is 0.251 e. The van der Waals surface area contributed by atoms with Crippen LogP contribution in [0.25, 0.3) is 0 Å². The molecule has 2 aromatic carbocycles. The summed E-state index contributed by atoms with van der Waals surface area (Å²) in [6, 6.07) is 14.8. The molecule has 1 aliphatic heterocycles. The fourth-order valence-corrected chi connectivity index (χ4v) is 5.10. The number of amides is 1. The second-order valence-corrected chi connectivity index (χ2v) is 9.06. The first-order valence-corrected chi connectivity index (χ1v) is 11.7. The van der Waals surface area contributed by atoms with E-state index in [0.29, 0.717) is 37.4 Å². The molecule has 1 amide bonds. The standard InChI is InChI=1S/C22H28N2O4S/c1-2-28-21-13-4-3-9-18(21)11-8-14-23-22(25)19-10-7-12-20(17-19)24-15-5-6-16-29(24,26)27/h3-4,7,9-10,12-13,17H,2,5-6,8,11,14-16H2,1H3,(H,23,25). The molecule has 0 aliphatic carbocycles. The van der Waals surface area contributed by atoms with Crippen molar-refractivity contribution in [3.8, 4) is 5.75 Å². The number of hydrogen-bond acceptors (Lipinski definition) is 4. The lowest BCUT2D eigenvalue weighted by Crippen LogP contribution is -2.38. The van der Waals surface area contributed by atoms with Crippen molar-refractivity contribution < 1.29 is 17.9 Å². The molecule has 0 aromatic heterocycles. The highest BCUT2D eigenvalue weighted by Crippen LogP contribution is 2.24. The van der Waals surface area contributed by atoms with Gasteiger partial charge in [0.25, 0.3) is 5.91 Å². The summed E-state index contributed by atoms with van der Waals surface area (Å²) in [4.78, 5) is 12.5. The van der Waals surface area contributed by atoms with Gasteiger partial charge in [0.2, 0.25) is 10.0 Å². The molecule has 7 heteroatoms. The van der Waals surface area contributed by atoms with Crippen LogP contribution in [-0.2, 0) is 16.4 Å². The summed E-state index contributed by atoms with van der Waals surface area (Å²) in [6.45, 7) is 3.58. The third-order valence-electron chi connectivity index (χ3n) is 4.93. The van der Waals surface area contributed by atoms with Gasteiger partial charge in [-0.3, -0.25) is 9.10 Å². The summed E-state index contributed by atoms with van der Waals surface area (Å²) >= 11 is 0. The van der Waals surface area contributed by atoms with Crippen LogP contribution in [-0.4, -0.2) is 39.8 Å². The van der Waals surface area contributed by atoms with Gasteiger partial charge in [0.1, 0.15) is 5.75 Å². The van der Waals surface area contributed by atoms with Crippen LogP contribution < -0.4 is 14.4 Å². The Labute approximate surface area is 172 Å². The predicted molar refractivity (Wildman–Crippen MR) is 115 cm³/mol. The highest BCUT2D eigenvalue weighted by molar-refractivity contribution is 7.92. The molecule has 1 heterocycles. The Morgan fingerprint density at radius 3 is 2.76 bits per heavy atom. The Morgan fingerprint density at radius 1 is 1.14 bits per heavy atom. The summed E-state index contributed by atoms with van der Waals surface area (Å²) in [5.74, 6) is 0.850. The first kappa shape index (κ1) is 21.2. The zero-order chi connectivity index (χ0) is 20.7. The lowest BCUT2D eigenvalue weighted by Gasteiger charge is -2.28. The second kappa shape index (κ2) is 9.78. The van der Waals surface area contributed by atoms with Gasteiger partial charge in [-0.2, -0.15) is 0 Å². The Morgan fingerprint density at radius 2 is 1.97 bits per heavy atom. The normalized spacial score (nSPS) is 15.7. The third kappa shape index (κ3) is 5.50. The summed E-state index contributed by atoms with van der Waals surface area (Å²) in [6.07, 6.45) is 3.11. The monoisotopic (exact) mass is 416 g/mol. The maximum absolute atomic E-state index is 12.5. The molecular formula is C22H28N2O4S. The molecule has 2 aromatic rings. The smallest absolute Gasteiger partial charge is 0.251 e. The molecule has 1 aliphatic rings. The molecule has 1 fully saturated rings. The molecule has 0 bridgehead atoms. The number of benzene rings is 2. The maximum atomic E-state index is 12.5. The van der Waals surface area contributed by atoms with Gasteiger partial charge in [-0.15, -0.1) is 0 Å². The van der Waals surface area contributed by atoms with Gasteiger partial charge in [-0.25, -0.2) is 8.42 Å². The molecule has 0 radical (unpaired) electrons. The van der Waals surface area contributed by atoms with Crippen LogP contribution in [0.4, 0.5) is 5.69 Å². The van der Waals surface area contributed by atoms with Gasteiger partial charge >= 0.3 is 0 Å². The van der Waals surface area contributed by atoms with E-state index < -0.39 is 10.0 Å². The van der Waals surface area contributed by atoms with E-state index in [2.05, 4.69) is 5.32 Å². The molecule has 6 nitrogen and oxygen atoms in total. The second-order valence-electron chi connectivity index (χ2n) is 7.05. The van der Waals surface area contributed by atoms with Crippen LogP contribution in [0.3, 0.4) is 0 Å². The number of carbonyl (C=O) groups excluding carboxylic acids is 1. The van der Waals surface area contributed by atoms with Crippen molar-refractivity contribution in [2.45, 2.75) is 32.6 Å². The first-order valence-electron chi connectivity index (χ1n) is 10.1. The molecule has 0 atom stereocenters. The zero-order valence-corrected chi connectivity index (χ0v) is 17.6. The number of carbonyl (C=O) groups is 1. The van der Waals surface area contributed by atoms with E-state index in [9.17, 15) is 13.2 Å². The van der Waals surface area contributed by atoms with E-state index in [1.165, 1.54) is 4.31 Å². The zero-order valence-electron chi connectivity index (χ0n) is 16.8. The number of sulfonamides is 1. The lowest BCUT2D eigenvalue weighted by atomic mass is 10.1. The van der Waals surface area contributed by atoms with E-state index in [1.54, 1.807) is 24.3 Å². The average Bonchev–Trinajstić information content (AvgIpc) is 2.72. The van der Waals surface area contributed by atoms with Gasteiger partial charge < -0.3 is 10.1 Å². The summed E-state index contributed by atoms with van der Waals surface area (Å²) in [5, 5.41) is 2.92. The Hall–Kier alpha value is -2.54. The molecule has 29 heavy (non-hydrogen) atoms. The van der Waals surface area contributed by atoms with E-state index in [-0.39, 0.29) is 11.7 Å². The van der Waals surface area contributed by atoms with Crippen LogP contribution >= 0.6 is 0 Å². The van der Waals surface area contributed by atoms with Crippen molar-refractivity contribution >= 4 is 21.6 Å². The van der Waals surface area contributed by atoms with Crippen LogP contribution in [0, 0.1) is 0 Å². The number of para-hydroxylation sites is 1. The summed E-state index contributed by atoms with van der Waals surface area (Å²) < 4.78 is 31.6. The van der Waals surface area contributed by atoms with Crippen molar-refractivity contribution in [3.05, 3.63) is 59.7 Å². The van der Waals surface area contributed by atoms with Crippen LogP contribution in [0.1, 0.15) is 42.1 Å². The highest BCUT2D eigenvalue weighted by atomic mass is 32.2. The van der Waals surface area contributed by atoms with Gasteiger partial charge in [-0.05, 0) is 62.4 Å². The fraction of sp³-hybridized carbons (Fsp3) is 0.409. The largest absolute Gasteiger partial charge is 0.494 e. The van der Waals surface area contributed by atoms with E-state index >= 15 is 0 Å². The molecule has 0 unspecified atom stereocenters. The SMILES string of the molecule is CCOc1ccccc1CCCNC(=O)c1cccc(N2CCCCS2(=O)=O)c1. The van der Waals surface area contributed by atoms with Crippen molar-refractivity contribution in [2.75, 3.05) is 29.8 Å². The molecule has 0 saturated carbocycles. The van der Waals surface area contributed by atoms with Gasteiger partial charge in [0.05, 0.1) is 18.0 Å². The molecule has 1 N–H and O–H groups in total. The van der Waals surface area contributed by atoms with Gasteiger partial charge in [-0.1, -0.05) is 24.3 Å². The van der Waals surface area contributed by atoms with Crippen LogP contribution in [0.5, 0.6) is 5.75 Å². The van der Waals surface area contributed by atoms with E-state index in [0.717, 1.165) is 30.6 Å². The number of hydrogen-bond donors (Lipinski definition) is 1. The number of rotatable bonds is 8. The third-order valence-corrected chi connectivity index (χ3v) is 6.80. The minimum atomic E-state index is -3.29. The fourth-order valence-electron chi connectivity index (χ4n) is 3.47. The molecule has 3 rings (SSSR count). The number of anilines is 1. The topological polar surface area (TPSA) is 75.7 Å². The number of nitrogens with one attached hydrogen (secondary N) is 1. The van der Waals surface area contributed by atoms with E-state index in [4.69, 9.17) is 4.74 Å². The Bertz CT molecular complexity index is 943. The Kier molecular flexibility index (Phi) is 7.14.